The molecule has 0 radical (unpaired) electrons. The first-order chi connectivity index (χ1) is 6.74. The summed E-state index contributed by atoms with van der Waals surface area (Å²) in [6.07, 6.45) is 0. The number of nitrogens with one attached hydrogen (secondary N) is 1. The van der Waals surface area contributed by atoms with Crippen LogP contribution in [0.15, 0.2) is 24.3 Å². The summed E-state index contributed by atoms with van der Waals surface area (Å²) < 4.78 is 0. The van der Waals surface area contributed by atoms with E-state index in [-0.39, 0.29) is 6.61 Å². The Hall–Kier alpha value is -1.06. The molecule has 1 aromatic carbocycles. The number of hydrogen-bond acceptors (Lipinski definition) is 3. The number of aliphatic hydroxyl groups excluding tert-OH is 1. The minimum Gasteiger partial charge on any atom is -0.508 e. The summed E-state index contributed by atoms with van der Waals surface area (Å²) in [6.45, 7) is 3.74. The number of rotatable bonds is 5. The van der Waals surface area contributed by atoms with Gasteiger partial charge in [-0.2, -0.15) is 0 Å². The normalized spacial score (nSPS) is 12.7. The molecule has 0 aliphatic rings. The molecule has 0 saturated carbocycles. The number of phenolic OH excluding ortho intramolecular Hbond substituents is 1. The third-order valence-corrected chi connectivity index (χ3v) is 2.20. The van der Waals surface area contributed by atoms with Crippen molar-refractivity contribution in [2.75, 3.05) is 19.7 Å². The fourth-order valence-electron chi connectivity index (χ4n) is 1.32. The Morgan fingerprint density at radius 1 is 1.29 bits per heavy atom. The molecule has 3 heteroatoms. The highest BCUT2D eigenvalue weighted by Gasteiger charge is 2.03. The van der Waals surface area contributed by atoms with E-state index in [0.717, 1.165) is 6.54 Å². The molecule has 1 unspecified atom stereocenters. The van der Waals surface area contributed by atoms with E-state index in [1.54, 1.807) is 12.1 Å². The predicted octanol–water partition coefficient (Wildman–Crippen LogP) is 1.08. The number of hydrogen-bond donors (Lipinski definition) is 3. The van der Waals surface area contributed by atoms with Crippen LogP contribution in [0.3, 0.4) is 0 Å². The number of benzene rings is 1. The van der Waals surface area contributed by atoms with Gasteiger partial charge in [-0.05, 0) is 23.6 Å². The molecule has 78 valence electrons. The molecule has 14 heavy (non-hydrogen) atoms. The maximum Gasteiger partial charge on any atom is 0.115 e. The van der Waals surface area contributed by atoms with Gasteiger partial charge in [0.15, 0.2) is 0 Å². The molecule has 0 heterocycles. The van der Waals surface area contributed by atoms with Gasteiger partial charge >= 0.3 is 0 Å². The molecule has 1 atom stereocenters. The maximum absolute atomic E-state index is 9.10. The second kappa shape index (κ2) is 5.62. The van der Waals surface area contributed by atoms with Crippen LogP contribution in [-0.4, -0.2) is 29.9 Å². The molecular formula is C11H17NO2. The van der Waals surface area contributed by atoms with Crippen molar-refractivity contribution >= 4 is 0 Å². The highest BCUT2D eigenvalue weighted by molar-refractivity contribution is 5.28. The van der Waals surface area contributed by atoms with Gasteiger partial charge in [0.2, 0.25) is 0 Å². The van der Waals surface area contributed by atoms with Crippen LogP contribution in [0.25, 0.3) is 0 Å². The van der Waals surface area contributed by atoms with Crippen LogP contribution in [0, 0.1) is 0 Å². The highest BCUT2D eigenvalue weighted by Crippen LogP contribution is 2.17. The van der Waals surface area contributed by atoms with Crippen LogP contribution in [0.1, 0.15) is 18.4 Å². The maximum atomic E-state index is 9.10. The summed E-state index contributed by atoms with van der Waals surface area (Å²) in [5.41, 5.74) is 1.19. The van der Waals surface area contributed by atoms with Crippen molar-refractivity contribution < 1.29 is 10.2 Å². The predicted molar refractivity (Wildman–Crippen MR) is 56.5 cm³/mol. The first kappa shape index (κ1) is 11.0. The fraction of sp³-hybridized carbons (Fsp3) is 0.455. The Bertz CT molecular complexity index is 258. The van der Waals surface area contributed by atoms with Gasteiger partial charge in [0.05, 0.1) is 6.61 Å². The van der Waals surface area contributed by atoms with Gasteiger partial charge in [0.1, 0.15) is 5.75 Å². The molecule has 0 aliphatic carbocycles. The lowest BCUT2D eigenvalue weighted by Crippen LogP contribution is -2.23. The Kier molecular flexibility index (Phi) is 4.43. The van der Waals surface area contributed by atoms with Gasteiger partial charge in [-0.1, -0.05) is 19.1 Å². The van der Waals surface area contributed by atoms with Crippen molar-refractivity contribution in [1.82, 2.24) is 5.32 Å². The summed E-state index contributed by atoms with van der Waals surface area (Å²) in [5, 5.41) is 20.8. The topological polar surface area (TPSA) is 52.5 Å². The number of aliphatic hydroxyl groups is 1. The molecule has 3 N–H and O–H groups in total. The van der Waals surface area contributed by atoms with Crippen LogP contribution < -0.4 is 5.32 Å². The van der Waals surface area contributed by atoms with Gasteiger partial charge in [-0.25, -0.2) is 0 Å². The number of aromatic hydroxyl groups is 1. The van der Waals surface area contributed by atoms with Gasteiger partial charge in [0, 0.05) is 13.1 Å². The third kappa shape index (κ3) is 3.36. The molecule has 1 rings (SSSR count). The van der Waals surface area contributed by atoms with Crippen LogP contribution in [0.2, 0.25) is 0 Å². The monoisotopic (exact) mass is 195 g/mol. The third-order valence-electron chi connectivity index (χ3n) is 2.20. The van der Waals surface area contributed by atoms with E-state index in [4.69, 9.17) is 10.2 Å². The second-order valence-electron chi connectivity index (χ2n) is 3.42. The zero-order valence-corrected chi connectivity index (χ0v) is 8.40. The van der Waals surface area contributed by atoms with E-state index in [2.05, 4.69) is 12.2 Å². The number of phenols is 1. The fourth-order valence-corrected chi connectivity index (χ4v) is 1.32. The molecule has 1 aromatic rings. The van der Waals surface area contributed by atoms with Gasteiger partial charge in [0.25, 0.3) is 0 Å². The molecule has 0 bridgehead atoms. The van der Waals surface area contributed by atoms with Crippen molar-refractivity contribution in [2.45, 2.75) is 12.8 Å². The van der Waals surface area contributed by atoms with E-state index in [1.807, 2.05) is 12.1 Å². The van der Waals surface area contributed by atoms with Gasteiger partial charge in [-0.15, -0.1) is 0 Å². The van der Waals surface area contributed by atoms with Crippen molar-refractivity contribution in [3.63, 3.8) is 0 Å². The molecule has 0 saturated heterocycles. The SMILES string of the molecule is CC(CNCCO)c1ccc(O)cc1. The quantitative estimate of drug-likeness (QED) is 0.616. The highest BCUT2D eigenvalue weighted by atomic mass is 16.3. The van der Waals surface area contributed by atoms with Crippen molar-refractivity contribution in [3.05, 3.63) is 29.8 Å². The Labute approximate surface area is 84.4 Å². The van der Waals surface area contributed by atoms with E-state index in [9.17, 15) is 0 Å². The Morgan fingerprint density at radius 2 is 1.93 bits per heavy atom. The average Bonchev–Trinajstić information content (AvgIpc) is 2.19. The van der Waals surface area contributed by atoms with E-state index >= 15 is 0 Å². The van der Waals surface area contributed by atoms with E-state index in [1.165, 1.54) is 5.56 Å². The molecule has 3 nitrogen and oxygen atoms in total. The Morgan fingerprint density at radius 3 is 2.50 bits per heavy atom. The minimum absolute atomic E-state index is 0.169. The lowest BCUT2D eigenvalue weighted by atomic mass is 10.0. The molecule has 0 aliphatic heterocycles. The minimum atomic E-state index is 0.169. The van der Waals surface area contributed by atoms with Crippen LogP contribution >= 0.6 is 0 Å². The zero-order valence-electron chi connectivity index (χ0n) is 8.40. The molecule has 0 spiro atoms. The summed E-state index contributed by atoms with van der Waals surface area (Å²) in [5.74, 6) is 0.686. The van der Waals surface area contributed by atoms with Crippen molar-refractivity contribution in [3.8, 4) is 5.75 Å². The molecular weight excluding hydrogens is 178 g/mol. The first-order valence-electron chi connectivity index (χ1n) is 4.84. The van der Waals surface area contributed by atoms with Gasteiger partial charge < -0.3 is 15.5 Å². The lowest BCUT2D eigenvalue weighted by molar-refractivity contribution is 0.291. The molecule has 0 amide bonds. The van der Waals surface area contributed by atoms with E-state index in [0.29, 0.717) is 18.2 Å². The lowest BCUT2D eigenvalue weighted by Gasteiger charge is -2.12. The second-order valence-corrected chi connectivity index (χ2v) is 3.42. The van der Waals surface area contributed by atoms with Crippen molar-refractivity contribution in [2.24, 2.45) is 0 Å². The molecule has 0 aromatic heterocycles. The van der Waals surface area contributed by atoms with Crippen molar-refractivity contribution in [1.29, 1.82) is 0 Å². The first-order valence-corrected chi connectivity index (χ1v) is 4.84. The summed E-state index contributed by atoms with van der Waals surface area (Å²) in [4.78, 5) is 0. The standard InChI is InChI=1S/C11H17NO2/c1-9(8-12-6-7-13)10-2-4-11(14)5-3-10/h2-5,9,12-14H,6-8H2,1H3. The average molecular weight is 195 g/mol. The molecule has 0 fully saturated rings. The largest absolute Gasteiger partial charge is 0.508 e. The Balaban J connectivity index is 2.43. The zero-order chi connectivity index (χ0) is 10.4. The van der Waals surface area contributed by atoms with Crippen LogP contribution in [-0.2, 0) is 0 Å². The van der Waals surface area contributed by atoms with Gasteiger partial charge in [-0.3, -0.25) is 0 Å². The summed E-state index contributed by atoms with van der Waals surface area (Å²) in [7, 11) is 0. The van der Waals surface area contributed by atoms with Crippen LogP contribution in [0.5, 0.6) is 5.75 Å². The summed E-state index contributed by atoms with van der Waals surface area (Å²) in [6, 6.07) is 7.22. The summed E-state index contributed by atoms with van der Waals surface area (Å²) >= 11 is 0. The van der Waals surface area contributed by atoms with Crippen LogP contribution in [0.4, 0.5) is 0 Å². The van der Waals surface area contributed by atoms with E-state index < -0.39 is 0 Å². The smallest absolute Gasteiger partial charge is 0.115 e.